The maximum atomic E-state index is 12.4. The number of aromatic carboxylic acids is 1. The lowest BCUT2D eigenvalue weighted by molar-refractivity contribution is -0.141. The largest absolute Gasteiger partial charge is 0.478 e. The summed E-state index contributed by atoms with van der Waals surface area (Å²) in [6.45, 7) is 6.47. The molecule has 0 spiro atoms. The highest BCUT2D eigenvalue weighted by Crippen LogP contribution is 2.27. The van der Waals surface area contributed by atoms with E-state index in [0.29, 0.717) is 25.0 Å². The number of carboxylic acid groups (broad SMARTS) is 1. The minimum Gasteiger partial charge on any atom is -0.478 e. The average Bonchev–Trinajstić information content (AvgIpc) is 2.82. The van der Waals surface area contributed by atoms with Crippen LogP contribution in [0.1, 0.15) is 34.5 Å². The summed E-state index contributed by atoms with van der Waals surface area (Å²) in [5.41, 5.74) is 0.547. The van der Waals surface area contributed by atoms with Gasteiger partial charge in [0.2, 0.25) is 0 Å². The molecular weight excluding hydrogens is 451 g/mol. The van der Waals surface area contributed by atoms with Crippen molar-refractivity contribution < 1.29 is 27.8 Å². The van der Waals surface area contributed by atoms with E-state index in [4.69, 9.17) is 9.84 Å². The van der Waals surface area contributed by atoms with Crippen LogP contribution in [0.25, 0.3) is 0 Å². The van der Waals surface area contributed by atoms with Crippen LogP contribution in [0.2, 0.25) is 0 Å². The van der Waals surface area contributed by atoms with Gasteiger partial charge in [0.1, 0.15) is 5.82 Å². The molecule has 2 aliphatic heterocycles. The molecule has 0 amide bonds. The Morgan fingerprint density at radius 3 is 2.47 bits per heavy atom. The summed E-state index contributed by atoms with van der Waals surface area (Å²) in [7, 11) is 2.14. The van der Waals surface area contributed by atoms with E-state index in [1.165, 1.54) is 11.8 Å². The maximum Gasteiger partial charge on any atom is 0.434 e. The molecule has 1 atom stereocenters. The van der Waals surface area contributed by atoms with Gasteiger partial charge >= 0.3 is 12.1 Å². The fourth-order valence-electron chi connectivity index (χ4n) is 3.65. The molecule has 1 unspecified atom stereocenters. The fraction of sp³-hybridized carbons (Fsp3) is 0.522. The highest BCUT2D eigenvalue weighted by atomic mass is 19.4. The van der Waals surface area contributed by atoms with Crippen molar-refractivity contribution in [3.63, 3.8) is 0 Å². The summed E-state index contributed by atoms with van der Waals surface area (Å²) < 4.78 is 42.4. The van der Waals surface area contributed by atoms with Crippen molar-refractivity contribution in [1.82, 2.24) is 19.8 Å². The number of hydrogen-bond acceptors (Lipinski definition) is 7. The van der Waals surface area contributed by atoms with E-state index in [1.807, 2.05) is 12.1 Å². The summed E-state index contributed by atoms with van der Waals surface area (Å²) in [6.07, 6.45) is -0.720. The smallest absolute Gasteiger partial charge is 0.434 e. The zero-order chi connectivity index (χ0) is 24.6. The Morgan fingerprint density at radius 2 is 1.88 bits per heavy atom. The van der Waals surface area contributed by atoms with E-state index in [2.05, 4.69) is 32.1 Å². The van der Waals surface area contributed by atoms with Gasteiger partial charge in [0.05, 0.1) is 30.6 Å². The average molecular weight is 482 g/mol. The number of carbonyl (C=O) groups is 1. The summed E-state index contributed by atoms with van der Waals surface area (Å²) in [4.78, 5) is 22.5. The third-order valence-corrected chi connectivity index (χ3v) is 5.64. The number of aromatic nitrogens is 2. The van der Waals surface area contributed by atoms with Crippen LogP contribution >= 0.6 is 0 Å². The number of piperazine rings is 1. The lowest BCUT2D eigenvalue weighted by atomic mass is 10.1. The molecule has 2 N–H and O–H groups in total. The van der Waals surface area contributed by atoms with E-state index in [1.54, 1.807) is 12.1 Å². The number of rotatable bonds is 5. The Hall–Kier alpha value is -2.76. The summed E-state index contributed by atoms with van der Waals surface area (Å²) in [5.74, 6) is -0.730. The molecule has 2 saturated heterocycles. The van der Waals surface area contributed by atoms with E-state index < -0.39 is 17.8 Å². The Balaban J connectivity index is 0.000000191. The zero-order valence-corrected chi connectivity index (χ0v) is 19.1. The Morgan fingerprint density at radius 1 is 1.18 bits per heavy atom. The predicted molar refractivity (Wildman–Crippen MR) is 121 cm³/mol. The number of carboxylic acids is 1. The van der Waals surface area contributed by atoms with Gasteiger partial charge in [0, 0.05) is 39.3 Å². The summed E-state index contributed by atoms with van der Waals surface area (Å²) >= 11 is 0. The fourth-order valence-corrected chi connectivity index (χ4v) is 3.65. The Labute approximate surface area is 196 Å². The third kappa shape index (κ3) is 8.23. The van der Waals surface area contributed by atoms with Crippen molar-refractivity contribution in [1.29, 1.82) is 0 Å². The quantitative estimate of drug-likeness (QED) is 0.673. The molecule has 0 radical (unpaired) electrons. The van der Waals surface area contributed by atoms with Crippen molar-refractivity contribution in [2.45, 2.75) is 31.6 Å². The van der Waals surface area contributed by atoms with Crippen LogP contribution in [-0.2, 0) is 17.5 Å². The molecule has 1 aromatic heterocycles. The van der Waals surface area contributed by atoms with Gasteiger partial charge in [-0.25, -0.2) is 9.78 Å². The van der Waals surface area contributed by atoms with Crippen molar-refractivity contribution in [2.75, 3.05) is 51.8 Å². The first-order valence-corrected chi connectivity index (χ1v) is 11.2. The van der Waals surface area contributed by atoms with Gasteiger partial charge in [-0.15, -0.1) is 0 Å². The second-order valence-electron chi connectivity index (χ2n) is 8.43. The van der Waals surface area contributed by atoms with Gasteiger partial charge < -0.3 is 20.1 Å². The SMILES string of the molecule is CN1CCN(Cc2ccc(C(=O)O)cc2)CC1.FC(F)(F)c1cncc(NC2CCCOC2)n1. The van der Waals surface area contributed by atoms with Crippen LogP contribution in [0.3, 0.4) is 0 Å². The molecule has 1 aromatic carbocycles. The number of ether oxygens (including phenoxy) is 1. The van der Waals surface area contributed by atoms with Gasteiger partial charge in [0.25, 0.3) is 0 Å². The van der Waals surface area contributed by atoms with E-state index in [-0.39, 0.29) is 11.9 Å². The van der Waals surface area contributed by atoms with Crippen LogP contribution in [0, 0.1) is 0 Å². The second-order valence-corrected chi connectivity index (χ2v) is 8.43. The number of anilines is 1. The Kier molecular flexibility index (Phi) is 9.20. The molecule has 11 heteroatoms. The summed E-state index contributed by atoms with van der Waals surface area (Å²) in [6, 6.07) is 7.16. The number of nitrogens with one attached hydrogen (secondary N) is 1. The molecule has 2 aliphatic rings. The summed E-state index contributed by atoms with van der Waals surface area (Å²) in [5, 5.41) is 11.7. The van der Waals surface area contributed by atoms with Gasteiger partial charge in [-0.3, -0.25) is 9.88 Å². The van der Waals surface area contributed by atoms with E-state index in [9.17, 15) is 18.0 Å². The first kappa shape index (κ1) is 25.9. The number of nitrogens with zero attached hydrogens (tertiary/aromatic N) is 4. The van der Waals surface area contributed by atoms with Crippen LogP contribution in [-0.4, -0.2) is 83.3 Å². The van der Waals surface area contributed by atoms with Crippen LogP contribution < -0.4 is 5.32 Å². The van der Waals surface area contributed by atoms with Crippen molar-refractivity contribution >= 4 is 11.8 Å². The molecule has 34 heavy (non-hydrogen) atoms. The molecule has 0 aliphatic carbocycles. The zero-order valence-electron chi connectivity index (χ0n) is 19.1. The predicted octanol–water partition coefficient (Wildman–Crippen LogP) is 3.22. The van der Waals surface area contributed by atoms with Gasteiger partial charge in [0.15, 0.2) is 5.69 Å². The van der Waals surface area contributed by atoms with E-state index >= 15 is 0 Å². The highest BCUT2D eigenvalue weighted by molar-refractivity contribution is 5.87. The monoisotopic (exact) mass is 481 g/mol. The lowest BCUT2D eigenvalue weighted by Crippen LogP contribution is -2.43. The maximum absolute atomic E-state index is 12.4. The second kappa shape index (κ2) is 12.1. The lowest BCUT2D eigenvalue weighted by Gasteiger charge is -2.32. The molecule has 2 fully saturated rings. The van der Waals surface area contributed by atoms with Crippen molar-refractivity contribution in [2.24, 2.45) is 0 Å². The highest BCUT2D eigenvalue weighted by Gasteiger charge is 2.33. The number of likely N-dealkylation sites (N-methyl/N-ethyl adjacent to an activating group) is 1. The number of hydrogen-bond donors (Lipinski definition) is 2. The minimum absolute atomic E-state index is 0.00142. The van der Waals surface area contributed by atoms with Gasteiger partial charge in [-0.1, -0.05) is 12.1 Å². The molecule has 186 valence electrons. The van der Waals surface area contributed by atoms with Gasteiger partial charge in [-0.2, -0.15) is 13.2 Å². The number of benzene rings is 1. The molecule has 0 bridgehead atoms. The molecular formula is C23H30F3N5O3. The molecule has 4 rings (SSSR count). The minimum atomic E-state index is -4.46. The van der Waals surface area contributed by atoms with Crippen molar-refractivity contribution in [3.8, 4) is 0 Å². The molecule has 8 nitrogen and oxygen atoms in total. The van der Waals surface area contributed by atoms with Crippen molar-refractivity contribution in [3.05, 3.63) is 53.5 Å². The number of alkyl halides is 3. The Bertz CT molecular complexity index is 913. The first-order chi connectivity index (χ1) is 16.2. The van der Waals surface area contributed by atoms with Gasteiger partial charge in [-0.05, 0) is 37.6 Å². The third-order valence-electron chi connectivity index (χ3n) is 5.64. The normalized spacial score (nSPS) is 19.7. The first-order valence-electron chi connectivity index (χ1n) is 11.2. The van der Waals surface area contributed by atoms with Crippen LogP contribution in [0.4, 0.5) is 19.0 Å². The van der Waals surface area contributed by atoms with Crippen LogP contribution in [0.15, 0.2) is 36.7 Å². The topological polar surface area (TPSA) is 90.8 Å². The standard InChI is InChI=1S/C13H18N2O2.C10H12F3N3O/c1-14-6-8-15(9-7-14)10-11-2-4-12(5-3-11)13(16)17;11-10(12,13)8-4-14-5-9(16-8)15-7-2-1-3-17-6-7/h2-5H,6-10H2,1H3,(H,16,17);4-5,7H,1-3,6H2,(H,15,16). The molecule has 3 heterocycles. The molecule has 2 aromatic rings. The number of halogens is 3. The van der Waals surface area contributed by atoms with E-state index in [0.717, 1.165) is 45.6 Å². The van der Waals surface area contributed by atoms with Crippen LogP contribution in [0.5, 0.6) is 0 Å². The molecule has 0 saturated carbocycles.